The van der Waals surface area contributed by atoms with Crippen LogP contribution in [0.1, 0.15) is 44.2 Å². The third-order valence-electron chi connectivity index (χ3n) is 3.46. The summed E-state index contributed by atoms with van der Waals surface area (Å²) in [4.78, 5) is 4.37. The highest BCUT2D eigenvalue weighted by Crippen LogP contribution is 2.17. The maximum absolute atomic E-state index is 5.95. The van der Waals surface area contributed by atoms with Gasteiger partial charge in [-0.1, -0.05) is 25.7 Å². The van der Waals surface area contributed by atoms with Crippen molar-refractivity contribution in [3.05, 3.63) is 16.4 Å². The summed E-state index contributed by atoms with van der Waals surface area (Å²) in [7, 11) is 1.89. The second-order valence-corrected chi connectivity index (χ2v) is 5.99. The summed E-state index contributed by atoms with van der Waals surface area (Å²) in [6.45, 7) is 0.507. The molecule has 3 N–H and O–H groups in total. The van der Waals surface area contributed by atoms with E-state index < -0.39 is 0 Å². The molecule has 1 aliphatic carbocycles. The van der Waals surface area contributed by atoms with Crippen molar-refractivity contribution in [2.75, 3.05) is 0 Å². The van der Waals surface area contributed by atoms with E-state index in [4.69, 9.17) is 5.73 Å². The van der Waals surface area contributed by atoms with Crippen molar-refractivity contribution in [1.82, 2.24) is 15.1 Å². The van der Waals surface area contributed by atoms with Crippen LogP contribution >= 0.6 is 15.9 Å². The van der Waals surface area contributed by atoms with E-state index >= 15 is 0 Å². The molecule has 0 radical (unpaired) electrons. The Labute approximate surface area is 122 Å². The summed E-state index contributed by atoms with van der Waals surface area (Å²) in [5.41, 5.74) is 6.86. The van der Waals surface area contributed by atoms with Crippen LogP contribution in [0.2, 0.25) is 0 Å². The summed E-state index contributed by atoms with van der Waals surface area (Å²) in [5, 5.41) is 7.66. The van der Waals surface area contributed by atoms with Crippen molar-refractivity contribution in [2.24, 2.45) is 17.8 Å². The molecule has 5 nitrogen and oxygen atoms in total. The van der Waals surface area contributed by atoms with Crippen LogP contribution in [0, 0.1) is 0 Å². The number of nitrogens with two attached hydrogens (primary N) is 1. The van der Waals surface area contributed by atoms with E-state index in [2.05, 4.69) is 31.3 Å². The van der Waals surface area contributed by atoms with Gasteiger partial charge in [-0.05, 0) is 28.8 Å². The molecule has 2 rings (SSSR count). The van der Waals surface area contributed by atoms with E-state index in [0.717, 1.165) is 10.2 Å². The highest BCUT2D eigenvalue weighted by molar-refractivity contribution is 9.10. The fraction of sp³-hybridized carbons (Fsp3) is 0.692. The quantitative estimate of drug-likeness (QED) is 0.508. The van der Waals surface area contributed by atoms with E-state index in [9.17, 15) is 0 Å². The van der Waals surface area contributed by atoms with Gasteiger partial charge in [0, 0.05) is 19.3 Å². The van der Waals surface area contributed by atoms with Gasteiger partial charge in [-0.2, -0.15) is 5.10 Å². The molecule has 0 amide bonds. The zero-order chi connectivity index (χ0) is 13.7. The summed E-state index contributed by atoms with van der Waals surface area (Å²) in [6.07, 6.45) is 9.58. The lowest BCUT2D eigenvalue weighted by atomic mass is 10.1. The molecule has 19 heavy (non-hydrogen) atoms. The minimum Gasteiger partial charge on any atom is -0.370 e. The number of nitrogens with one attached hydrogen (secondary N) is 1. The Morgan fingerprint density at radius 2 is 2.16 bits per heavy atom. The first-order valence-electron chi connectivity index (χ1n) is 6.89. The average Bonchev–Trinajstić information content (AvgIpc) is 2.56. The highest BCUT2D eigenvalue weighted by Gasteiger charge is 2.12. The molecule has 0 bridgehead atoms. The lowest BCUT2D eigenvalue weighted by Gasteiger charge is -2.16. The molecule has 1 aromatic rings. The summed E-state index contributed by atoms with van der Waals surface area (Å²) in [5.74, 6) is 0.532. The molecule has 1 aliphatic rings. The average molecular weight is 328 g/mol. The van der Waals surface area contributed by atoms with Crippen molar-refractivity contribution in [3.63, 3.8) is 0 Å². The fourth-order valence-electron chi connectivity index (χ4n) is 2.45. The summed E-state index contributed by atoms with van der Waals surface area (Å²) >= 11 is 3.46. The minimum atomic E-state index is 0.485. The van der Waals surface area contributed by atoms with Crippen molar-refractivity contribution < 1.29 is 0 Å². The number of rotatable bonds is 3. The maximum Gasteiger partial charge on any atom is 0.189 e. The molecule has 1 saturated carbocycles. The number of hydrogen-bond donors (Lipinski definition) is 2. The van der Waals surface area contributed by atoms with Crippen LogP contribution in [-0.4, -0.2) is 21.8 Å². The SMILES string of the molecule is Cn1cc(Br)c(CN=C(N)NC2CCCCCC2)n1. The first-order chi connectivity index (χ1) is 9.15. The number of aryl methyl sites for hydroxylation is 1. The molecule has 0 aromatic carbocycles. The fourth-order valence-corrected chi connectivity index (χ4v) is 2.95. The standard InChI is InChI=1S/C13H22BrN5/c1-19-9-11(14)12(18-19)8-16-13(15)17-10-6-4-2-3-5-7-10/h9-10H,2-8H2,1H3,(H3,15,16,17). The number of nitrogens with zero attached hydrogens (tertiary/aromatic N) is 3. The zero-order valence-corrected chi connectivity index (χ0v) is 13.0. The molecule has 0 unspecified atom stereocenters. The van der Waals surface area contributed by atoms with Gasteiger partial charge in [-0.15, -0.1) is 0 Å². The molecule has 6 heteroatoms. The number of aromatic nitrogens is 2. The number of hydrogen-bond acceptors (Lipinski definition) is 2. The molecule has 0 atom stereocenters. The molecule has 0 saturated heterocycles. The Morgan fingerprint density at radius 3 is 2.74 bits per heavy atom. The Balaban J connectivity index is 1.86. The van der Waals surface area contributed by atoms with Crippen molar-refractivity contribution in [2.45, 2.75) is 51.1 Å². The lowest BCUT2D eigenvalue weighted by Crippen LogP contribution is -2.39. The topological polar surface area (TPSA) is 68.2 Å². The van der Waals surface area contributed by atoms with E-state index in [-0.39, 0.29) is 0 Å². The van der Waals surface area contributed by atoms with E-state index in [1.807, 2.05) is 13.2 Å². The molecule has 1 aromatic heterocycles. The lowest BCUT2D eigenvalue weighted by molar-refractivity contribution is 0.530. The van der Waals surface area contributed by atoms with Crippen LogP contribution in [0.5, 0.6) is 0 Å². The number of halogens is 1. The Morgan fingerprint density at radius 1 is 1.47 bits per heavy atom. The van der Waals surface area contributed by atoms with Gasteiger partial charge in [0.1, 0.15) is 0 Å². The second kappa shape index (κ2) is 6.93. The monoisotopic (exact) mass is 327 g/mol. The van der Waals surface area contributed by atoms with Crippen LogP contribution < -0.4 is 11.1 Å². The van der Waals surface area contributed by atoms with Gasteiger partial charge in [0.05, 0.1) is 16.7 Å². The molecule has 1 fully saturated rings. The Bertz CT molecular complexity index is 432. The third kappa shape index (κ3) is 4.53. The smallest absolute Gasteiger partial charge is 0.189 e. The van der Waals surface area contributed by atoms with Gasteiger partial charge in [0.2, 0.25) is 0 Å². The normalized spacial score (nSPS) is 18.3. The largest absolute Gasteiger partial charge is 0.370 e. The van der Waals surface area contributed by atoms with Crippen molar-refractivity contribution in [3.8, 4) is 0 Å². The molecule has 106 valence electrons. The molecular formula is C13H22BrN5. The molecule has 1 heterocycles. The van der Waals surface area contributed by atoms with E-state index in [1.165, 1.54) is 38.5 Å². The van der Waals surface area contributed by atoms with Crippen LogP contribution in [0.3, 0.4) is 0 Å². The van der Waals surface area contributed by atoms with Gasteiger partial charge < -0.3 is 11.1 Å². The van der Waals surface area contributed by atoms with Gasteiger partial charge in [0.25, 0.3) is 0 Å². The third-order valence-corrected chi connectivity index (χ3v) is 4.12. The maximum atomic E-state index is 5.95. The zero-order valence-electron chi connectivity index (χ0n) is 11.4. The first-order valence-corrected chi connectivity index (χ1v) is 7.69. The van der Waals surface area contributed by atoms with Crippen molar-refractivity contribution in [1.29, 1.82) is 0 Å². The van der Waals surface area contributed by atoms with Crippen LogP contribution in [0.15, 0.2) is 15.7 Å². The Hall–Kier alpha value is -1.04. The summed E-state index contributed by atoms with van der Waals surface area (Å²) < 4.78 is 2.74. The number of aliphatic imine (C=N–C) groups is 1. The van der Waals surface area contributed by atoms with Gasteiger partial charge in [0.15, 0.2) is 5.96 Å². The second-order valence-electron chi connectivity index (χ2n) is 5.13. The van der Waals surface area contributed by atoms with Gasteiger partial charge in [-0.3, -0.25) is 4.68 Å². The summed E-state index contributed by atoms with van der Waals surface area (Å²) in [6, 6.07) is 0.485. The molecule has 0 spiro atoms. The predicted molar refractivity (Wildman–Crippen MR) is 80.9 cm³/mol. The minimum absolute atomic E-state index is 0.485. The first kappa shape index (κ1) is 14.4. The molecule has 0 aliphatic heterocycles. The predicted octanol–water partition coefficient (Wildman–Crippen LogP) is 2.31. The van der Waals surface area contributed by atoms with E-state index in [1.54, 1.807) is 4.68 Å². The molecular weight excluding hydrogens is 306 g/mol. The number of guanidine groups is 1. The van der Waals surface area contributed by atoms with Crippen LogP contribution in [0.25, 0.3) is 0 Å². The van der Waals surface area contributed by atoms with Crippen LogP contribution in [0.4, 0.5) is 0 Å². The Kier molecular flexibility index (Phi) is 5.24. The van der Waals surface area contributed by atoms with E-state index in [0.29, 0.717) is 18.5 Å². The van der Waals surface area contributed by atoms with Crippen LogP contribution in [-0.2, 0) is 13.6 Å². The highest BCUT2D eigenvalue weighted by atomic mass is 79.9. The van der Waals surface area contributed by atoms with Crippen molar-refractivity contribution >= 4 is 21.9 Å². The van der Waals surface area contributed by atoms with Gasteiger partial charge >= 0.3 is 0 Å². The van der Waals surface area contributed by atoms with Gasteiger partial charge in [-0.25, -0.2) is 4.99 Å².